The number of nitrogens with zero attached hydrogens (tertiary/aromatic N) is 2. The Morgan fingerprint density at radius 1 is 1.24 bits per heavy atom. The van der Waals surface area contributed by atoms with E-state index < -0.39 is 0 Å². The molecule has 1 fully saturated rings. The summed E-state index contributed by atoms with van der Waals surface area (Å²) in [6.45, 7) is 7.15. The second-order valence-electron chi connectivity index (χ2n) is 6.55. The highest BCUT2D eigenvalue weighted by atomic mass is 32.2. The van der Waals surface area contributed by atoms with Crippen molar-refractivity contribution in [2.24, 2.45) is 10.9 Å². The fourth-order valence-corrected chi connectivity index (χ4v) is 3.66. The van der Waals surface area contributed by atoms with Crippen molar-refractivity contribution in [3.8, 4) is 0 Å². The lowest BCUT2D eigenvalue weighted by Crippen LogP contribution is -2.39. The van der Waals surface area contributed by atoms with Crippen LogP contribution in [0.2, 0.25) is 0 Å². The first-order valence-corrected chi connectivity index (χ1v) is 10.2. The lowest BCUT2D eigenvalue weighted by molar-refractivity contribution is 0.223. The molecule has 0 radical (unpaired) electrons. The molecule has 1 aromatic rings. The average molecular weight is 367 g/mol. The molecule has 1 aliphatic heterocycles. The Balaban J connectivity index is 1.64. The molecule has 0 saturated carbocycles. The first-order chi connectivity index (χ1) is 12.2. The normalized spacial score (nSPS) is 16.8. The molecule has 140 valence electrons. The van der Waals surface area contributed by atoms with Gasteiger partial charge >= 0.3 is 0 Å². The van der Waals surface area contributed by atoms with Gasteiger partial charge in [-0.1, -0.05) is 0 Å². The zero-order valence-electron chi connectivity index (χ0n) is 15.4. The van der Waals surface area contributed by atoms with E-state index in [0.717, 1.165) is 42.7 Å². The van der Waals surface area contributed by atoms with E-state index in [9.17, 15) is 4.39 Å². The Morgan fingerprint density at radius 2 is 1.96 bits per heavy atom. The summed E-state index contributed by atoms with van der Waals surface area (Å²) in [5.74, 6) is 2.46. The number of thioether (sulfide) groups is 1. The van der Waals surface area contributed by atoms with Gasteiger partial charge < -0.3 is 15.5 Å². The SMILES string of the molecule is CCNC(=NCC1CCN(C)CC1)NCCCSc1ccc(F)cc1. The van der Waals surface area contributed by atoms with Crippen LogP contribution >= 0.6 is 11.8 Å². The minimum atomic E-state index is -0.179. The van der Waals surface area contributed by atoms with Crippen LogP contribution in [0, 0.1) is 11.7 Å². The molecule has 25 heavy (non-hydrogen) atoms. The molecule has 0 bridgehead atoms. The smallest absolute Gasteiger partial charge is 0.191 e. The van der Waals surface area contributed by atoms with Crippen LogP contribution in [0.25, 0.3) is 0 Å². The zero-order chi connectivity index (χ0) is 17.9. The maximum atomic E-state index is 12.9. The molecule has 2 N–H and O–H groups in total. The van der Waals surface area contributed by atoms with Gasteiger partial charge in [-0.05, 0) is 82.3 Å². The molecule has 2 rings (SSSR count). The van der Waals surface area contributed by atoms with Crippen molar-refractivity contribution < 1.29 is 4.39 Å². The standard InChI is InChI=1S/C19H31FN4S/c1-3-21-19(23-15-16-9-12-24(2)13-10-16)22-11-4-14-25-18-7-5-17(20)6-8-18/h5-8,16H,3-4,9-15H2,1-2H3,(H2,21,22,23). The highest BCUT2D eigenvalue weighted by Crippen LogP contribution is 2.18. The fourth-order valence-electron chi connectivity index (χ4n) is 2.81. The van der Waals surface area contributed by atoms with Gasteiger partial charge in [0.1, 0.15) is 5.82 Å². The quantitative estimate of drug-likeness (QED) is 0.321. The highest BCUT2D eigenvalue weighted by Gasteiger charge is 2.16. The van der Waals surface area contributed by atoms with E-state index in [2.05, 4.69) is 29.5 Å². The lowest BCUT2D eigenvalue weighted by atomic mass is 9.97. The number of nitrogens with one attached hydrogen (secondary N) is 2. The van der Waals surface area contributed by atoms with Crippen LogP contribution in [-0.4, -0.2) is 56.4 Å². The number of hydrogen-bond acceptors (Lipinski definition) is 3. The second kappa shape index (κ2) is 11.4. The number of aliphatic imine (C=N–C) groups is 1. The third kappa shape index (κ3) is 8.10. The van der Waals surface area contributed by atoms with Crippen molar-refractivity contribution in [1.29, 1.82) is 0 Å². The van der Waals surface area contributed by atoms with Crippen molar-refractivity contribution in [2.45, 2.75) is 31.1 Å². The van der Waals surface area contributed by atoms with Gasteiger partial charge in [0.2, 0.25) is 0 Å². The second-order valence-corrected chi connectivity index (χ2v) is 7.72. The Kier molecular flexibility index (Phi) is 9.11. The third-order valence-corrected chi connectivity index (χ3v) is 5.48. The van der Waals surface area contributed by atoms with Crippen LogP contribution in [0.4, 0.5) is 4.39 Å². The minimum Gasteiger partial charge on any atom is -0.357 e. The van der Waals surface area contributed by atoms with Crippen LogP contribution in [0.5, 0.6) is 0 Å². The van der Waals surface area contributed by atoms with Crippen LogP contribution < -0.4 is 10.6 Å². The van der Waals surface area contributed by atoms with Gasteiger partial charge in [0.05, 0.1) is 0 Å². The van der Waals surface area contributed by atoms with Crippen LogP contribution in [-0.2, 0) is 0 Å². The van der Waals surface area contributed by atoms with E-state index in [1.807, 2.05) is 12.1 Å². The molecule has 1 heterocycles. The monoisotopic (exact) mass is 366 g/mol. The zero-order valence-corrected chi connectivity index (χ0v) is 16.2. The lowest BCUT2D eigenvalue weighted by Gasteiger charge is -2.28. The van der Waals surface area contributed by atoms with Gasteiger partial charge in [0.15, 0.2) is 5.96 Å². The van der Waals surface area contributed by atoms with Crippen molar-refractivity contribution in [2.75, 3.05) is 45.5 Å². The number of benzene rings is 1. The Labute approximate surface area is 155 Å². The number of guanidine groups is 1. The summed E-state index contributed by atoms with van der Waals surface area (Å²) in [5.41, 5.74) is 0. The average Bonchev–Trinajstić information content (AvgIpc) is 2.62. The summed E-state index contributed by atoms with van der Waals surface area (Å²) in [4.78, 5) is 8.26. The van der Waals surface area contributed by atoms with Gasteiger partial charge in [-0.15, -0.1) is 11.8 Å². The minimum absolute atomic E-state index is 0.179. The molecule has 1 saturated heterocycles. The van der Waals surface area contributed by atoms with E-state index in [0.29, 0.717) is 5.92 Å². The predicted octanol–water partition coefficient (Wildman–Crippen LogP) is 3.20. The largest absolute Gasteiger partial charge is 0.357 e. The van der Waals surface area contributed by atoms with Crippen LogP contribution in [0.15, 0.2) is 34.2 Å². The summed E-state index contributed by atoms with van der Waals surface area (Å²) >= 11 is 1.76. The van der Waals surface area contributed by atoms with Crippen LogP contribution in [0.1, 0.15) is 26.2 Å². The third-order valence-electron chi connectivity index (χ3n) is 4.39. The number of rotatable bonds is 8. The molecule has 0 atom stereocenters. The van der Waals surface area contributed by atoms with Crippen molar-refractivity contribution in [3.63, 3.8) is 0 Å². The molecule has 1 aliphatic rings. The molecule has 0 aliphatic carbocycles. The van der Waals surface area contributed by atoms with Gasteiger partial charge in [0.25, 0.3) is 0 Å². The van der Waals surface area contributed by atoms with Gasteiger partial charge in [-0.25, -0.2) is 4.39 Å². The van der Waals surface area contributed by atoms with E-state index >= 15 is 0 Å². The highest BCUT2D eigenvalue weighted by molar-refractivity contribution is 7.99. The fraction of sp³-hybridized carbons (Fsp3) is 0.632. The predicted molar refractivity (Wildman–Crippen MR) is 106 cm³/mol. The summed E-state index contributed by atoms with van der Waals surface area (Å²) in [6, 6.07) is 6.69. The van der Waals surface area contributed by atoms with E-state index in [-0.39, 0.29) is 5.82 Å². The molecule has 6 heteroatoms. The van der Waals surface area contributed by atoms with E-state index in [1.165, 1.54) is 38.1 Å². The Morgan fingerprint density at radius 3 is 2.64 bits per heavy atom. The number of piperidine rings is 1. The van der Waals surface area contributed by atoms with E-state index in [1.54, 1.807) is 11.8 Å². The van der Waals surface area contributed by atoms with Crippen molar-refractivity contribution in [1.82, 2.24) is 15.5 Å². The summed E-state index contributed by atoms with van der Waals surface area (Å²) in [5, 5.41) is 6.75. The number of hydrogen-bond donors (Lipinski definition) is 2. The molecular weight excluding hydrogens is 335 g/mol. The van der Waals surface area contributed by atoms with Gasteiger partial charge in [-0.2, -0.15) is 0 Å². The maximum absolute atomic E-state index is 12.9. The molecule has 0 unspecified atom stereocenters. The first-order valence-electron chi connectivity index (χ1n) is 9.26. The summed E-state index contributed by atoms with van der Waals surface area (Å²) < 4.78 is 12.9. The molecular formula is C19H31FN4S. The number of halogens is 1. The summed E-state index contributed by atoms with van der Waals surface area (Å²) in [6.07, 6.45) is 3.53. The molecule has 0 aromatic heterocycles. The van der Waals surface area contributed by atoms with E-state index in [4.69, 9.17) is 4.99 Å². The molecule has 4 nitrogen and oxygen atoms in total. The maximum Gasteiger partial charge on any atom is 0.191 e. The molecule has 1 aromatic carbocycles. The topological polar surface area (TPSA) is 39.7 Å². The van der Waals surface area contributed by atoms with Crippen LogP contribution in [0.3, 0.4) is 0 Å². The van der Waals surface area contributed by atoms with Crippen molar-refractivity contribution in [3.05, 3.63) is 30.1 Å². The van der Waals surface area contributed by atoms with Gasteiger partial charge in [-0.3, -0.25) is 4.99 Å². The Hall–Kier alpha value is -1.27. The van der Waals surface area contributed by atoms with Crippen molar-refractivity contribution >= 4 is 17.7 Å². The number of likely N-dealkylation sites (tertiary alicyclic amines) is 1. The van der Waals surface area contributed by atoms with Gasteiger partial charge in [0, 0.05) is 24.5 Å². The summed E-state index contributed by atoms with van der Waals surface area (Å²) in [7, 11) is 2.19. The first kappa shape index (κ1) is 20.0. The Bertz CT molecular complexity index is 513. The molecule has 0 amide bonds. The molecule has 0 spiro atoms.